The normalized spacial score (nSPS) is 17.0. The van der Waals surface area contributed by atoms with Gasteiger partial charge in [0.05, 0.1) is 13.2 Å². The Morgan fingerprint density at radius 1 is 1.29 bits per heavy atom. The molecule has 2 rings (SSSR count). The van der Waals surface area contributed by atoms with Gasteiger partial charge in [0.15, 0.2) is 6.04 Å². The number of amides is 2. The van der Waals surface area contributed by atoms with Gasteiger partial charge < -0.3 is 15.2 Å². The van der Waals surface area contributed by atoms with Gasteiger partial charge in [0.1, 0.15) is 0 Å². The van der Waals surface area contributed by atoms with Crippen molar-refractivity contribution in [2.75, 3.05) is 26.3 Å². The lowest BCUT2D eigenvalue weighted by atomic mass is 10.1. The van der Waals surface area contributed by atoms with Crippen LogP contribution in [0.25, 0.3) is 0 Å². The second kappa shape index (κ2) is 7.26. The number of aliphatic carboxylic acids is 1. The van der Waals surface area contributed by atoms with E-state index in [0.717, 1.165) is 0 Å². The first-order valence-electron chi connectivity index (χ1n) is 6.45. The number of morpholine rings is 1. The van der Waals surface area contributed by atoms with Gasteiger partial charge in [-0.3, -0.25) is 5.43 Å². The van der Waals surface area contributed by atoms with Crippen LogP contribution in [0.2, 0.25) is 5.02 Å². The zero-order chi connectivity index (χ0) is 15.2. The molecule has 0 saturated carbocycles. The molecule has 1 saturated heterocycles. The Morgan fingerprint density at radius 2 is 1.95 bits per heavy atom. The molecular formula is C13H16ClN3O4. The molecule has 2 amide bonds. The van der Waals surface area contributed by atoms with Crippen LogP contribution < -0.4 is 10.7 Å². The van der Waals surface area contributed by atoms with Crippen LogP contribution in [0, 0.1) is 0 Å². The smallest absolute Gasteiger partial charge is 0.331 e. The summed E-state index contributed by atoms with van der Waals surface area (Å²) < 4.78 is 5.16. The molecule has 114 valence electrons. The summed E-state index contributed by atoms with van der Waals surface area (Å²) in [6, 6.07) is 4.70. The van der Waals surface area contributed by atoms with Crippen molar-refractivity contribution in [2.24, 2.45) is 0 Å². The first kappa shape index (κ1) is 15.6. The Hall–Kier alpha value is -1.83. The molecule has 3 N–H and O–H groups in total. The monoisotopic (exact) mass is 313 g/mol. The van der Waals surface area contributed by atoms with E-state index < -0.39 is 18.0 Å². The molecule has 1 aliphatic rings. The Kier molecular flexibility index (Phi) is 5.38. The highest BCUT2D eigenvalue weighted by Crippen LogP contribution is 2.22. The summed E-state index contributed by atoms with van der Waals surface area (Å²) in [5.74, 6) is -1.18. The van der Waals surface area contributed by atoms with Crippen molar-refractivity contribution in [1.82, 2.24) is 15.8 Å². The minimum atomic E-state index is -1.21. The fraction of sp³-hybridized carbons (Fsp3) is 0.385. The van der Waals surface area contributed by atoms with Gasteiger partial charge in [-0.25, -0.2) is 14.6 Å². The number of nitrogens with one attached hydrogen (secondary N) is 2. The van der Waals surface area contributed by atoms with Crippen molar-refractivity contribution >= 4 is 23.6 Å². The van der Waals surface area contributed by atoms with Crippen molar-refractivity contribution in [2.45, 2.75) is 6.04 Å². The van der Waals surface area contributed by atoms with E-state index >= 15 is 0 Å². The van der Waals surface area contributed by atoms with E-state index in [1.54, 1.807) is 29.3 Å². The van der Waals surface area contributed by atoms with Gasteiger partial charge in [-0.15, -0.1) is 0 Å². The summed E-state index contributed by atoms with van der Waals surface area (Å²) in [5, 5.41) is 13.6. The van der Waals surface area contributed by atoms with Gasteiger partial charge in [0.2, 0.25) is 0 Å². The molecule has 1 atom stereocenters. The molecule has 0 unspecified atom stereocenters. The maximum Gasteiger partial charge on any atom is 0.331 e. The van der Waals surface area contributed by atoms with Crippen LogP contribution in [0.4, 0.5) is 4.79 Å². The van der Waals surface area contributed by atoms with E-state index in [1.165, 1.54) is 0 Å². The third-order valence-electron chi connectivity index (χ3n) is 3.01. The van der Waals surface area contributed by atoms with E-state index in [1.807, 2.05) is 0 Å². The number of carboxylic acid groups (broad SMARTS) is 1. The summed E-state index contributed by atoms with van der Waals surface area (Å²) in [7, 11) is 0. The number of carbonyl (C=O) groups is 2. The van der Waals surface area contributed by atoms with Crippen LogP contribution >= 0.6 is 11.6 Å². The number of halogens is 1. The van der Waals surface area contributed by atoms with Crippen LogP contribution in [0.15, 0.2) is 24.3 Å². The Labute approximate surface area is 126 Å². The molecule has 1 aromatic carbocycles. The van der Waals surface area contributed by atoms with Gasteiger partial charge >= 0.3 is 12.0 Å². The third-order valence-corrected chi connectivity index (χ3v) is 3.35. The van der Waals surface area contributed by atoms with Crippen molar-refractivity contribution in [3.63, 3.8) is 0 Å². The number of carboxylic acids is 1. The highest BCUT2D eigenvalue weighted by Gasteiger charge is 2.25. The van der Waals surface area contributed by atoms with Gasteiger partial charge in [0, 0.05) is 23.7 Å². The van der Waals surface area contributed by atoms with E-state index in [0.29, 0.717) is 31.9 Å². The van der Waals surface area contributed by atoms with Crippen molar-refractivity contribution < 1.29 is 19.4 Å². The zero-order valence-corrected chi connectivity index (χ0v) is 12.0. The summed E-state index contributed by atoms with van der Waals surface area (Å²) >= 11 is 5.98. The minimum Gasteiger partial charge on any atom is -0.479 e. The zero-order valence-electron chi connectivity index (χ0n) is 11.2. The predicted molar refractivity (Wildman–Crippen MR) is 75.9 cm³/mol. The number of rotatable bonds is 4. The maximum absolute atomic E-state index is 11.9. The molecule has 1 aromatic rings. The standard InChI is InChI=1S/C13H16ClN3O4/c14-10-4-2-1-3-9(10)11(12(18)19)15-13(20)16-17-5-7-21-8-6-17/h1-4,11H,5-8H2,(H,18,19)(H2,15,16,20)/t11-/m1/s1. The Balaban J connectivity index is 2.01. The molecule has 1 heterocycles. The number of benzene rings is 1. The summed E-state index contributed by atoms with van der Waals surface area (Å²) in [4.78, 5) is 23.2. The number of hydrogen-bond donors (Lipinski definition) is 3. The molecule has 0 aromatic heterocycles. The topological polar surface area (TPSA) is 90.9 Å². The number of urea groups is 1. The average molecular weight is 314 g/mol. The molecule has 8 heteroatoms. The minimum absolute atomic E-state index is 0.288. The van der Waals surface area contributed by atoms with Crippen molar-refractivity contribution in [3.05, 3.63) is 34.9 Å². The lowest BCUT2D eigenvalue weighted by molar-refractivity contribution is -0.139. The van der Waals surface area contributed by atoms with E-state index in [2.05, 4.69) is 10.7 Å². The average Bonchev–Trinajstić information content (AvgIpc) is 2.46. The number of hydrogen-bond acceptors (Lipinski definition) is 4. The van der Waals surface area contributed by atoms with Gasteiger partial charge in [0.25, 0.3) is 0 Å². The highest BCUT2D eigenvalue weighted by atomic mass is 35.5. The molecule has 21 heavy (non-hydrogen) atoms. The Bertz CT molecular complexity index is 520. The van der Waals surface area contributed by atoms with Crippen LogP contribution in [0.3, 0.4) is 0 Å². The summed E-state index contributed by atoms with van der Waals surface area (Å²) in [5.41, 5.74) is 2.93. The Morgan fingerprint density at radius 3 is 2.57 bits per heavy atom. The molecule has 0 radical (unpaired) electrons. The third kappa shape index (κ3) is 4.32. The first-order chi connectivity index (χ1) is 10.1. The van der Waals surface area contributed by atoms with E-state index in [9.17, 15) is 14.7 Å². The largest absolute Gasteiger partial charge is 0.479 e. The second-order valence-electron chi connectivity index (χ2n) is 4.48. The molecule has 0 spiro atoms. The van der Waals surface area contributed by atoms with Crippen LogP contribution in [-0.4, -0.2) is 48.4 Å². The number of hydrazine groups is 1. The summed E-state index contributed by atoms with van der Waals surface area (Å²) in [6.07, 6.45) is 0. The SMILES string of the molecule is O=C(N[C@@H](C(=O)O)c1ccccc1Cl)NN1CCOCC1. The lowest BCUT2D eigenvalue weighted by Gasteiger charge is -2.27. The van der Waals surface area contributed by atoms with Crippen molar-refractivity contribution in [3.8, 4) is 0 Å². The number of carbonyl (C=O) groups excluding carboxylic acids is 1. The van der Waals surface area contributed by atoms with Crippen LogP contribution in [-0.2, 0) is 9.53 Å². The fourth-order valence-corrected chi connectivity index (χ4v) is 2.21. The number of nitrogens with zero attached hydrogens (tertiary/aromatic N) is 1. The highest BCUT2D eigenvalue weighted by molar-refractivity contribution is 6.31. The van der Waals surface area contributed by atoms with Crippen molar-refractivity contribution in [1.29, 1.82) is 0 Å². The molecule has 7 nitrogen and oxygen atoms in total. The molecule has 0 bridgehead atoms. The fourth-order valence-electron chi connectivity index (χ4n) is 1.96. The van der Waals surface area contributed by atoms with Crippen LogP contribution in [0.1, 0.15) is 11.6 Å². The van der Waals surface area contributed by atoms with Crippen LogP contribution in [0.5, 0.6) is 0 Å². The van der Waals surface area contributed by atoms with Gasteiger partial charge in [-0.2, -0.15) is 0 Å². The molecule has 1 fully saturated rings. The first-order valence-corrected chi connectivity index (χ1v) is 6.83. The molecular weight excluding hydrogens is 298 g/mol. The quantitative estimate of drug-likeness (QED) is 0.772. The van der Waals surface area contributed by atoms with E-state index in [-0.39, 0.29) is 5.02 Å². The predicted octanol–water partition coefficient (Wildman–Crippen LogP) is 1.01. The lowest BCUT2D eigenvalue weighted by Crippen LogP contribution is -2.52. The maximum atomic E-state index is 11.9. The molecule has 0 aliphatic carbocycles. The van der Waals surface area contributed by atoms with Gasteiger partial charge in [-0.1, -0.05) is 29.8 Å². The second-order valence-corrected chi connectivity index (χ2v) is 4.88. The van der Waals surface area contributed by atoms with E-state index in [4.69, 9.17) is 16.3 Å². The summed E-state index contributed by atoms with van der Waals surface area (Å²) in [6.45, 7) is 2.15. The molecule has 1 aliphatic heterocycles. The number of ether oxygens (including phenoxy) is 1. The van der Waals surface area contributed by atoms with Gasteiger partial charge in [-0.05, 0) is 6.07 Å².